The Morgan fingerprint density at radius 1 is 1.41 bits per heavy atom. The van der Waals surface area contributed by atoms with Crippen molar-refractivity contribution in [2.24, 2.45) is 0 Å². The molecule has 3 aromatic heterocycles. The van der Waals surface area contributed by atoms with Crippen molar-refractivity contribution in [3.05, 3.63) is 55.9 Å². The molecule has 2 N–H and O–H groups in total. The Bertz CT molecular complexity index is 727. The van der Waals surface area contributed by atoms with E-state index in [4.69, 9.17) is 0 Å². The highest BCUT2D eigenvalue weighted by molar-refractivity contribution is 7.11. The normalized spacial score (nSPS) is 12.3. The molecule has 22 heavy (non-hydrogen) atoms. The zero-order chi connectivity index (χ0) is 15.5. The van der Waals surface area contributed by atoms with E-state index in [0.717, 1.165) is 17.1 Å². The molecule has 0 aromatic carbocycles. The molecule has 0 saturated carbocycles. The molecule has 0 aliphatic heterocycles. The van der Waals surface area contributed by atoms with Gasteiger partial charge in [0, 0.05) is 17.5 Å². The van der Waals surface area contributed by atoms with E-state index in [1.807, 2.05) is 12.3 Å². The highest BCUT2D eigenvalue weighted by atomic mass is 32.1. The van der Waals surface area contributed by atoms with Crippen LogP contribution in [-0.2, 0) is 6.42 Å². The largest absolute Gasteiger partial charge is 0.341 e. The number of H-pyrrole nitrogens is 1. The summed E-state index contributed by atoms with van der Waals surface area (Å²) in [7, 11) is 0. The van der Waals surface area contributed by atoms with Gasteiger partial charge < -0.3 is 5.32 Å². The van der Waals surface area contributed by atoms with Crippen LogP contribution in [0.5, 0.6) is 0 Å². The third-order valence-electron chi connectivity index (χ3n) is 3.41. The van der Waals surface area contributed by atoms with Crippen LogP contribution < -0.4 is 5.32 Å². The fraction of sp³-hybridized carbons (Fsp3) is 0.267. The number of carbonyl (C=O) groups is 1. The number of rotatable bonds is 5. The molecular weight excluding hydrogens is 316 g/mol. The molecule has 7 heteroatoms. The third kappa shape index (κ3) is 3.26. The molecule has 5 nitrogen and oxygen atoms in total. The molecule has 0 aliphatic rings. The molecular formula is C15H16N4OS2. The van der Waals surface area contributed by atoms with Gasteiger partial charge in [0.25, 0.3) is 5.91 Å². The predicted octanol–water partition coefficient (Wildman–Crippen LogP) is 3.26. The summed E-state index contributed by atoms with van der Waals surface area (Å²) in [5, 5.41) is 14.7. The smallest absolute Gasteiger partial charge is 0.269 e. The molecule has 0 fully saturated rings. The Kier molecular flexibility index (Phi) is 4.35. The summed E-state index contributed by atoms with van der Waals surface area (Å²) in [5.74, 6) is -0.164. The van der Waals surface area contributed by atoms with Gasteiger partial charge in [-0.05, 0) is 42.3 Å². The number of aryl methyl sites for hydroxylation is 2. The number of thiophene rings is 1. The van der Waals surface area contributed by atoms with Crippen molar-refractivity contribution in [2.75, 3.05) is 0 Å². The third-order valence-corrected chi connectivity index (χ3v) is 5.33. The van der Waals surface area contributed by atoms with Crippen LogP contribution >= 0.6 is 22.7 Å². The van der Waals surface area contributed by atoms with Gasteiger partial charge in [-0.15, -0.1) is 11.3 Å². The van der Waals surface area contributed by atoms with Crippen molar-refractivity contribution in [1.82, 2.24) is 20.5 Å². The van der Waals surface area contributed by atoms with E-state index in [-0.39, 0.29) is 11.9 Å². The molecule has 0 unspecified atom stereocenters. The van der Waals surface area contributed by atoms with Crippen LogP contribution in [-0.4, -0.2) is 21.1 Å². The van der Waals surface area contributed by atoms with Crippen molar-refractivity contribution < 1.29 is 4.79 Å². The topological polar surface area (TPSA) is 70.7 Å². The average molecular weight is 332 g/mol. The monoisotopic (exact) mass is 332 g/mol. The first-order chi connectivity index (χ1) is 10.6. The van der Waals surface area contributed by atoms with Crippen molar-refractivity contribution >= 4 is 28.6 Å². The Hall–Kier alpha value is -1.99. The zero-order valence-corrected chi connectivity index (χ0v) is 13.9. The Labute approximate surface area is 136 Å². The van der Waals surface area contributed by atoms with Crippen LogP contribution in [0, 0.1) is 13.8 Å². The average Bonchev–Trinajstić information content (AvgIpc) is 3.22. The van der Waals surface area contributed by atoms with Gasteiger partial charge in [-0.1, -0.05) is 0 Å². The van der Waals surface area contributed by atoms with E-state index >= 15 is 0 Å². The van der Waals surface area contributed by atoms with Gasteiger partial charge >= 0.3 is 0 Å². The maximum absolute atomic E-state index is 12.3. The van der Waals surface area contributed by atoms with E-state index in [2.05, 4.69) is 38.9 Å². The standard InChI is InChI=1S/C15H16N4OS2/c1-9-10(2)22-15(17-9)13(7-11-4-6-21-8-11)18-14(20)12-3-5-16-19-12/h3-6,8,13H,7H2,1-2H3,(H,16,19)(H,18,20)/t13-/m1/s1. The van der Waals surface area contributed by atoms with Crippen LogP contribution in [0.15, 0.2) is 29.1 Å². The zero-order valence-electron chi connectivity index (χ0n) is 12.3. The second kappa shape index (κ2) is 6.41. The molecule has 1 amide bonds. The minimum absolute atomic E-state index is 0.136. The SMILES string of the molecule is Cc1nc([C@@H](Cc2ccsc2)NC(=O)c2ccn[nH]2)sc1C. The van der Waals surface area contributed by atoms with Crippen LogP contribution in [0.2, 0.25) is 0 Å². The van der Waals surface area contributed by atoms with E-state index in [1.54, 1.807) is 34.9 Å². The lowest BCUT2D eigenvalue weighted by Gasteiger charge is -2.15. The van der Waals surface area contributed by atoms with Gasteiger partial charge in [-0.25, -0.2) is 4.98 Å². The summed E-state index contributed by atoms with van der Waals surface area (Å²) < 4.78 is 0. The van der Waals surface area contributed by atoms with Crippen molar-refractivity contribution in [3.8, 4) is 0 Å². The highest BCUT2D eigenvalue weighted by Crippen LogP contribution is 2.26. The molecule has 3 heterocycles. The number of hydrogen-bond acceptors (Lipinski definition) is 5. The molecule has 0 bridgehead atoms. The predicted molar refractivity (Wildman–Crippen MR) is 88.4 cm³/mol. The molecule has 114 valence electrons. The fourth-order valence-electron chi connectivity index (χ4n) is 2.11. The van der Waals surface area contributed by atoms with Crippen LogP contribution in [0.4, 0.5) is 0 Å². The van der Waals surface area contributed by atoms with Gasteiger partial charge in [0.15, 0.2) is 0 Å². The Morgan fingerprint density at radius 2 is 2.27 bits per heavy atom. The van der Waals surface area contributed by atoms with Gasteiger partial charge in [-0.3, -0.25) is 9.89 Å². The lowest BCUT2D eigenvalue weighted by atomic mass is 10.1. The van der Waals surface area contributed by atoms with Crippen LogP contribution in [0.3, 0.4) is 0 Å². The molecule has 0 aliphatic carbocycles. The lowest BCUT2D eigenvalue weighted by Crippen LogP contribution is -2.30. The highest BCUT2D eigenvalue weighted by Gasteiger charge is 2.21. The second-order valence-corrected chi connectivity index (χ2v) is 7.04. The Balaban J connectivity index is 1.83. The number of hydrogen-bond donors (Lipinski definition) is 2. The lowest BCUT2D eigenvalue weighted by molar-refractivity contribution is 0.0931. The number of nitrogens with zero attached hydrogens (tertiary/aromatic N) is 2. The van der Waals surface area contributed by atoms with Crippen LogP contribution in [0.1, 0.15) is 37.7 Å². The summed E-state index contributed by atoms with van der Waals surface area (Å²) in [6.45, 7) is 4.04. The van der Waals surface area contributed by atoms with Gasteiger partial charge in [0.1, 0.15) is 10.7 Å². The number of aromatic nitrogens is 3. The number of carbonyl (C=O) groups excluding carboxylic acids is 1. The number of thiazole rings is 1. The number of amides is 1. The molecule has 3 aromatic rings. The van der Waals surface area contributed by atoms with Crippen molar-refractivity contribution in [2.45, 2.75) is 26.3 Å². The first-order valence-electron chi connectivity index (χ1n) is 6.88. The summed E-state index contributed by atoms with van der Waals surface area (Å²) in [5.41, 5.74) is 2.68. The molecule has 3 rings (SSSR count). The minimum atomic E-state index is -0.164. The quantitative estimate of drug-likeness (QED) is 0.753. The maximum atomic E-state index is 12.3. The van der Waals surface area contributed by atoms with E-state index in [9.17, 15) is 4.79 Å². The van der Waals surface area contributed by atoms with Crippen molar-refractivity contribution in [1.29, 1.82) is 0 Å². The van der Waals surface area contributed by atoms with Crippen molar-refractivity contribution in [3.63, 3.8) is 0 Å². The maximum Gasteiger partial charge on any atom is 0.269 e. The van der Waals surface area contributed by atoms with Crippen LogP contribution in [0.25, 0.3) is 0 Å². The molecule has 1 atom stereocenters. The summed E-state index contributed by atoms with van der Waals surface area (Å²) in [6.07, 6.45) is 2.30. The molecule has 0 spiro atoms. The fourth-order valence-corrected chi connectivity index (χ4v) is 3.77. The number of aromatic amines is 1. The first-order valence-corrected chi connectivity index (χ1v) is 8.64. The minimum Gasteiger partial charge on any atom is -0.341 e. The number of nitrogens with one attached hydrogen (secondary N) is 2. The summed E-state index contributed by atoms with van der Waals surface area (Å²) in [4.78, 5) is 18.1. The summed E-state index contributed by atoms with van der Waals surface area (Å²) in [6, 6.07) is 3.60. The van der Waals surface area contributed by atoms with Gasteiger partial charge in [0.2, 0.25) is 0 Å². The summed E-state index contributed by atoms with van der Waals surface area (Å²) >= 11 is 3.29. The second-order valence-electron chi connectivity index (χ2n) is 5.03. The van der Waals surface area contributed by atoms with E-state index in [1.165, 1.54) is 10.4 Å². The van der Waals surface area contributed by atoms with Gasteiger partial charge in [-0.2, -0.15) is 16.4 Å². The van der Waals surface area contributed by atoms with E-state index in [0.29, 0.717) is 5.69 Å². The van der Waals surface area contributed by atoms with E-state index < -0.39 is 0 Å². The first kappa shape index (κ1) is 14.9. The van der Waals surface area contributed by atoms with Gasteiger partial charge in [0.05, 0.1) is 11.7 Å². The molecule has 0 saturated heterocycles. The molecule has 0 radical (unpaired) electrons. The Morgan fingerprint density at radius 3 is 2.86 bits per heavy atom.